The third kappa shape index (κ3) is 4.56. The molecule has 0 spiro atoms. The number of sulfonamides is 1. The summed E-state index contributed by atoms with van der Waals surface area (Å²) in [6.45, 7) is 10.1. The predicted octanol–water partition coefficient (Wildman–Crippen LogP) is 4.26. The minimum atomic E-state index is -3.81. The number of aliphatic carboxylic acids is 1. The number of rotatable bonds is 5. The molecule has 0 saturated heterocycles. The molecule has 6 nitrogen and oxygen atoms in total. The fraction of sp³-hybridized carbons (Fsp3) is 0.409. The first-order chi connectivity index (χ1) is 13.3. The maximum absolute atomic E-state index is 13.0. The van der Waals surface area contributed by atoms with Gasteiger partial charge in [-0.25, -0.2) is 8.42 Å². The molecule has 1 heterocycles. The van der Waals surface area contributed by atoms with Crippen LogP contribution in [0.5, 0.6) is 5.75 Å². The number of fused-ring (bicyclic) bond motifs is 1. The summed E-state index contributed by atoms with van der Waals surface area (Å²) in [6.07, 6.45) is 0.664. The molecule has 7 heteroatoms. The summed E-state index contributed by atoms with van der Waals surface area (Å²) >= 11 is 0. The monoisotopic (exact) mass is 417 g/mol. The van der Waals surface area contributed by atoms with Gasteiger partial charge in [-0.15, -0.1) is 0 Å². The summed E-state index contributed by atoms with van der Waals surface area (Å²) in [6, 6.07) is 9.65. The van der Waals surface area contributed by atoms with E-state index in [0.717, 1.165) is 23.3 Å². The molecule has 156 valence electrons. The van der Waals surface area contributed by atoms with Crippen molar-refractivity contribution in [3.63, 3.8) is 0 Å². The zero-order valence-corrected chi connectivity index (χ0v) is 18.2. The Balaban J connectivity index is 1.94. The third-order valence-electron chi connectivity index (χ3n) is 5.10. The molecule has 2 aromatic rings. The molecule has 0 aromatic heterocycles. The highest BCUT2D eigenvalue weighted by Crippen LogP contribution is 2.47. The lowest BCUT2D eigenvalue weighted by atomic mass is 9.73. The van der Waals surface area contributed by atoms with Gasteiger partial charge in [0.1, 0.15) is 11.4 Å². The number of carboxylic acids is 1. The number of benzene rings is 2. The van der Waals surface area contributed by atoms with Crippen molar-refractivity contribution in [2.45, 2.75) is 63.4 Å². The van der Waals surface area contributed by atoms with E-state index in [4.69, 9.17) is 9.84 Å². The second-order valence-electron chi connectivity index (χ2n) is 8.91. The Bertz CT molecular complexity index is 1050. The molecule has 0 aliphatic carbocycles. The highest BCUT2D eigenvalue weighted by atomic mass is 32.2. The van der Waals surface area contributed by atoms with Crippen molar-refractivity contribution in [3.05, 3.63) is 53.1 Å². The van der Waals surface area contributed by atoms with Crippen molar-refractivity contribution in [1.82, 2.24) is 0 Å². The van der Waals surface area contributed by atoms with E-state index in [0.29, 0.717) is 11.3 Å². The van der Waals surface area contributed by atoms with E-state index < -0.39 is 16.0 Å². The molecule has 0 fully saturated rings. The summed E-state index contributed by atoms with van der Waals surface area (Å²) in [5, 5.41) is 8.85. The number of anilines is 1. The molecular formula is C22H27NO5S. The van der Waals surface area contributed by atoms with Crippen LogP contribution in [0.2, 0.25) is 0 Å². The second-order valence-corrected chi connectivity index (χ2v) is 10.6. The number of nitrogens with one attached hydrogen (secondary N) is 1. The minimum absolute atomic E-state index is 0.109. The quantitative estimate of drug-likeness (QED) is 0.758. The van der Waals surface area contributed by atoms with Crippen LogP contribution in [0.25, 0.3) is 0 Å². The summed E-state index contributed by atoms with van der Waals surface area (Å²) in [4.78, 5) is 11.0. The summed E-state index contributed by atoms with van der Waals surface area (Å²) < 4.78 is 34.7. The number of carboxylic acid groups (broad SMARTS) is 1. The van der Waals surface area contributed by atoms with Gasteiger partial charge in [0.2, 0.25) is 0 Å². The van der Waals surface area contributed by atoms with Gasteiger partial charge in [-0.05, 0) is 68.0 Å². The van der Waals surface area contributed by atoms with E-state index in [1.807, 2.05) is 20.8 Å². The SMILES string of the molecule is Cc1cc(S(=O)(=O)Nc2ccc(CC(=O)O)cc2)cc2c1OC(C)(C)CC2(C)C. The van der Waals surface area contributed by atoms with Crippen molar-refractivity contribution in [1.29, 1.82) is 0 Å². The van der Waals surface area contributed by atoms with E-state index in [-0.39, 0.29) is 22.3 Å². The summed E-state index contributed by atoms with van der Waals surface area (Å²) in [5.74, 6) is -0.181. The molecule has 0 atom stereocenters. The maximum atomic E-state index is 13.0. The van der Waals surface area contributed by atoms with E-state index in [1.54, 1.807) is 36.4 Å². The van der Waals surface area contributed by atoms with Crippen molar-refractivity contribution in [3.8, 4) is 5.75 Å². The first-order valence-electron chi connectivity index (χ1n) is 9.47. The fourth-order valence-electron chi connectivity index (χ4n) is 4.09. The molecule has 2 N–H and O–H groups in total. The molecule has 0 unspecified atom stereocenters. The summed E-state index contributed by atoms with van der Waals surface area (Å²) in [7, 11) is -3.81. The molecule has 29 heavy (non-hydrogen) atoms. The molecule has 3 rings (SSSR count). The fourth-order valence-corrected chi connectivity index (χ4v) is 5.25. The van der Waals surface area contributed by atoms with Gasteiger partial charge in [-0.1, -0.05) is 26.0 Å². The van der Waals surface area contributed by atoms with Crippen LogP contribution in [0.1, 0.15) is 50.8 Å². The Morgan fingerprint density at radius 3 is 2.34 bits per heavy atom. The molecule has 2 aromatic carbocycles. The molecule has 1 aliphatic rings. The maximum Gasteiger partial charge on any atom is 0.307 e. The average Bonchev–Trinajstić information content (AvgIpc) is 2.55. The van der Waals surface area contributed by atoms with Crippen molar-refractivity contribution < 1.29 is 23.1 Å². The van der Waals surface area contributed by atoms with Crippen LogP contribution < -0.4 is 9.46 Å². The van der Waals surface area contributed by atoms with E-state index in [2.05, 4.69) is 18.6 Å². The van der Waals surface area contributed by atoms with Gasteiger partial charge in [0, 0.05) is 11.3 Å². The standard InChI is InChI=1S/C22H27NO5S/c1-14-10-17(12-18-20(14)28-22(4,5)13-21(18,2)3)29(26,27)23-16-8-6-15(7-9-16)11-19(24)25/h6-10,12,23H,11,13H2,1-5H3,(H,24,25). The van der Waals surface area contributed by atoms with Crippen LogP contribution in [0.4, 0.5) is 5.69 Å². The van der Waals surface area contributed by atoms with Crippen LogP contribution >= 0.6 is 0 Å². The van der Waals surface area contributed by atoms with Crippen LogP contribution in [0.3, 0.4) is 0 Å². The van der Waals surface area contributed by atoms with Crippen LogP contribution in [0.15, 0.2) is 41.3 Å². The second kappa shape index (κ2) is 7.06. The highest BCUT2D eigenvalue weighted by molar-refractivity contribution is 7.92. The molecular weight excluding hydrogens is 390 g/mol. The van der Waals surface area contributed by atoms with E-state index in [1.165, 1.54) is 0 Å². The largest absolute Gasteiger partial charge is 0.487 e. The van der Waals surface area contributed by atoms with Gasteiger partial charge in [0.25, 0.3) is 10.0 Å². The van der Waals surface area contributed by atoms with Gasteiger partial charge in [-0.3, -0.25) is 9.52 Å². The smallest absolute Gasteiger partial charge is 0.307 e. The van der Waals surface area contributed by atoms with E-state index >= 15 is 0 Å². The third-order valence-corrected chi connectivity index (χ3v) is 6.46. The molecule has 0 saturated carbocycles. The Labute approximate surface area is 172 Å². The Kier molecular flexibility index (Phi) is 5.15. The first kappa shape index (κ1) is 21.2. The van der Waals surface area contributed by atoms with Crippen LogP contribution in [-0.4, -0.2) is 25.1 Å². The molecule has 0 radical (unpaired) electrons. The lowest BCUT2D eigenvalue weighted by molar-refractivity contribution is -0.136. The Hall–Kier alpha value is -2.54. The zero-order valence-electron chi connectivity index (χ0n) is 17.4. The minimum Gasteiger partial charge on any atom is -0.487 e. The highest BCUT2D eigenvalue weighted by Gasteiger charge is 2.40. The van der Waals surface area contributed by atoms with Gasteiger partial charge in [-0.2, -0.15) is 0 Å². The Morgan fingerprint density at radius 2 is 1.76 bits per heavy atom. The van der Waals surface area contributed by atoms with Crippen LogP contribution in [0, 0.1) is 6.92 Å². The van der Waals surface area contributed by atoms with Gasteiger partial charge >= 0.3 is 5.97 Å². The molecule has 1 aliphatic heterocycles. The predicted molar refractivity (Wildman–Crippen MR) is 112 cm³/mol. The van der Waals surface area contributed by atoms with Gasteiger partial charge < -0.3 is 9.84 Å². The van der Waals surface area contributed by atoms with Crippen molar-refractivity contribution in [2.75, 3.05) is 4.72 Å². The number of ether oxygens (including phenoxy) is 1. The Morgan fingerprint density at radius 1 is 1.14 bits per heavy atom. The van der Waals surface area contributed by atoms with Crippen molar-refractivity contribution >= 4 is 21.7 Å². The topological polar surface area (TPSA) is 92.7 Å². The zero-order chi connectivity index (χ0) is 21.6. The number of hydrogen-bond acceptors (Lipinski definition) is 4. The average molecular weight is 418 g/mol. The van der Waals surface area contributed by atoms with Crippen LogP contribution in [-0.2, 0) is 26.7 Å². The summed E-state index contributed by atoms with van der Waals surface area (Å²) in [5.41, 5.74) is 2.09. The van der Waals surface area contributed by atoms with Gasteiger partial charge in [0.15, 0.2) is 0 Å². The van der Waals surface area contributed by atoms with Crippen molar-refractivity contribution in [2.24, 2.45) is 0 Å². The number of hydrogen-bond donors (Lipinski definition) is 2. The van der Waals surface area contributed by atoms with E-state index in [9.17, 15) is 13.2 Å². The molecule has 0 bridgehead atoms. The lowest BCUT2D eigenvalue weighted by Crippen LogP contribution is -2.41. The number of aryl methyl sites for hydroxylation is 1. The molecule has 0 amide bonds. The first-order valence-corrected chi connectivity index (χ1v) is 11.0. The van der Waals surface area contributed by atoms with Gasteiger partial charge in [0.05, 0.1) is 11.3 Å². The normalized spacial score (nSPS) is 17.1. The lowest BCUT2D eigenvalue weighted by Gasteiger charge is -2.43. The number of carbonyl (C=O) groups is 1.